The molecule has 1 rings (SSSR count). The second-order valence-corrected chi connectivity index (χ2v) is 3.47. The normalized spacial score (nSPS) is 12.3. The lowest BCUT2D eigenvalue weighted by Crippen LogP contribution is -2.12. The van der Waals surface area contributed by atoms with Gasteiger partial charge in [0.15, 0.2) is 0 Å². The molecule has 0 saturated heterocycles. The van der Waals surface area contributed by atoms with E-state index in [1.165, 1.54) is 0 Å². The van der Waals surface area contributed by atoms with Gasteiger partial charge in [-0.15, -0.1) is 0 Å². The molecule has 1 aromatic carbocycles. The van der Waals surface area contributed by atoms with Crippen molar-refractivity contribution < 1.29 is 9.47 Å². The number of hydrogen-bond acceptors (Lipinski definition) is 3. The average molecular weight is 209 g/mol. The van der Waals surface area contributed by atoms with Crippen LogP contribution in [0.5, 0.6) is 11.5 Å². The Kier molecular flexibility index (Phi) is 4.43. The third-order valence-corrected chi connectivity index (χ3v) is 2.44. The fraction of sp³-hybridized carbons (Fsp3) is 0.500. The summed E-state index contributed by atoms with van der Waals surface area (Å²) < 4.78 is 10.6. The maximum Gasteiger partial charge on any atom is 0.127 e. The zero-order valence-corrected chi connectivity index (χ0v) is 9.62. The second-order valence-electron chi connectivity index (χ2n) is 3.47. The fourth-order valence-corrected chi connectivity index (χ4v) is 1.70. The Morgan fingerprint density at radius 2 is 1.73 bits per heavy atom. The predicted octanol–water partition coefficient (Wildman–Crippen LogP) is 2.50. The second kappa shape index (κ2) is 5.61. The molecule has 2 N–H and O–H groups in total. The highest BCUT2D eigenvalue weighted by molar-refractivity contribution is 5.46. The molecule has 0 bridgehead atoms. The average Bonchev–Trinajstić information content (AvgIpc) is 2.28. The molecule has 0 saturated carbocycles. The third kappa shape index (κ3) is 2.63. The Bertz CT molecular complexity index is 290. The van der Waals surface area contributed by atoms with Crippen molar-refractivity contribution in [3.8, 4) is 11.5 Å². The molecular formula is C12H19NO2. The Hall–Kier alpha value is -1.22. The smallest absolute Gasteiger partial charge is 0.127 e. The number of hydrogen-bond donors (Lipinski definition) is 1. The molecule has 0 spiro atoms. The summed E-state index contributed by atoms with van der Waals surface area (Å²) in [6.45, 7) is 2.11. The van der Waals surface area contributed by atoms with Gasteiger partial charge in [-0.2, -0.15) is 0 Å². The largest absolute Gasteiger partial charge is 0.496 e. The van der Waals surface area contributed by atoms with E-state index in [9.17, 15) is 0 Å². The van der Waals surface area contributed by atoms with Gasteiger partial charge in [0.2, 0.25) is 0 Å². The lowest BCUT2D eigenvalue weighted by molar-refractivity contribution is 0.377. The van der Waals surface area contributed by atoms with Crippen molar-refractivity contribution >= 4 is 0 Å². The topological polar surface area (TPSA) is 44.5 Å². The van der Waals surface area contributed by atoms with Gasteiger partial charge in [0, 0.05) is 6.04 Å². The van der Waals surface area contributed by atoms with Gasteiger partial charge in [-0.25, -0.2) is 0 Å². The molecule has 0 aliphatic carbocycles. The van der Waals surface area contributed by atoms with E-state index in [1.54, 1.807) is 14.2 Å². The van der Waals surface area contributed by atoms with E-state index in [1.807, 2.05) is 18.2 Å². The molecule has 3 heteroatoms. The van der Waals surface area contributed by atoms with Crippen LogP contribution in [0.1, 0.15) is 31.4 Å². The van der Waals surface area contributed by atoms with Gasteiger partial charge >= 0.3 is 0 Å². The van der Waals surface area contributed by atoms with Crippen LogP contribution < -0.4 is 15.2 Å². The molecule has 0 fully saturated rings. The first kappa shape index (κ1) is 11.9. The number of nitrogens with two attached hydrogens (primary N) is 1. The maximum atomic E-state index is 6.10. The van der Waals surface area contributed by atoms with Gasteiger partial charge in [0.25, 0.3) is 0 Å². The third-order valence-electron chi connectivity index (χ3n) is 2.44. The lowest BCUT2D eigenvalue weighted by atomic mass is 10.0. The summed E-state index contributed by atoms with van der Waals surface area (Å²) in [6, 6.07) is 5.70. The highest BCUT2D eigenvalue weighted by Gasteiger charge is 2.16. The summed E-state index contributed by atoms with van der Waals surface area (Å²) in [4.78, 5) is 0. The van der Waals surface area contributed by atoms with Crippen molar-refractivity contribution in [2.24, 2.45) is 5.73 Å². The quantitative estimate of drug-likeness (QED) is 0.810. The first-order valence-electron chi connectivity index (χ1n) is 5.21. The van der Waals surface area contributed by atoms with E-state index < -0.39 is 0 Å². The summed E-state index contributed by atoms with van der Waals surface area (Å²) in [6.07, 6.45) is 1.97. The zero-order valence-electron chi connectivity index (χ0n) is 9.62. The molecule has 0 aromatic heterocycles. The Balaban J connectivity index is 3.09. The van der Waals surface area contributed by atoms with Crippen LogP contribution in [-0.4, -0.2) is 14.2 Å². The number of rotatable bonds is 5. The predicted molar refractivity (Wildman–Crippen MR) is 61.4 cm³/mol. The summed E-state index contributed by atoms with van der Waals surface area (Å²) in [5.41, 5.74) is 7.06. The van der Waals surface area contributed by atoms with Gasteiger partial charge < -0.3 is 15.2 Å². The van der Waals surface area contributed by atoms with Crippen molar-refractivity contribution in [1.29, 1.82) is 0 Å². The van der Waals surface area contributed by atoms with Crippen molar-refractivity contribution in [2.45, 2.75) is 25.8 Å². The van der Waals surface area contributed by atoms with Crippen LogP contribution in [0, 0.1) is 0 Å². The first-order chi connectivity index (χ1) is 7.24. The minimum Gasteiger partial charge on any atom is -0.496 e. The molecule has 84 valence electrons. The molecule has 0 heterocycles. The van der Waals surface area contributed by atoms with Gasteiger partial charge in [0.05, 0.1) is 19.8 Å². The van der Waals surface area contributed by atoms with Crippen LogP contribution in [0.2, 0.25) is 0 Å². The monoisotopic (exact) mass is 209 g/mol. The zero-order chi connectivity index (χ0) is 11.3. The van der Waals surface area contributed by atoms with Crippen molar-refractivity contribution in [3.63, 3.8) is 0 Å². The standard InChI is InChI=1S/C12H19NO2/c1-4-6-9(13)12-10(14-2)7-5-8-11(12)15-3/h5,7-9H,4,6,13H2,1-3H3. The van der Waals surface area contributed by atoms with Crippen LogP contribution in [0.15, 0.2) is 18.2 Å². The number of ether oxygens (including phenoxy) is 2. The molecule has 0 radical (unpaired) electrons. The lowest BCUT2D eigenvalue weighted by Gasteiger charge is -2.18. The van der Waals surface area contributed by atoms with Crippen LogP contribution in [0.3, 0.4) is 0 Å². The molecule has 1 aromatic rings. The summed E-state index contributed by atoms with van der Waals surface area (Å²) >= 11 is 0. The summed E-state index contributed by atoms with van der Waals surface area (Å²) in [7, 11) is 3.30. The van der Waals surface area contributed by atoms with Gasteiger partial charge in [0.1, 0.15) is 11.5 Å². The van der Waals surface area contributed by atoms with E-state index in [0.29, 0.717) is 0 Å². The van der Waals surface area contributed by atoms with E-state index in [-0.39, 0.29) is 6.04 Å². The van der Waals surface area contributed by atoms with E-state index in [2.05, 4.69) is 6.92 Å². The van der Waals surface area contributed by atoms with Gasteiger partial charge in [-0.05, 0) is 18.6 Å². The molecular weight excluding hydrogens is 190 g/mol. The highest BCUT2D eigenvalue weighted by atomic mass is 16.5. The van der Waals surface area contributed by atoms with Crippen molar-refractivity contribution in [3.05, 3.63) is 23.8 Å². The Morgan fingerprint density at radius 1 is 1.20 bits per heavy atom. The van der Waals surface area contributed by atoms with Crippen LogP contribution in [0.25, 0.3) is 0 Å². The Labute approximate surface area is 91.2 Å². The first-order valence-corrected chi connectivity index (χ1v) is 5.21. The molecule has 3 nitrogen and oxygen atoms in total. The molecule has 1 unspecified atom stereocenters. The number of methoxy groups -OCH3 is 2. The molecule has 15 heavy (non-hydrogen) atoms. The van der Waals surface area contributed by atoms with Gasteiger partial charge in [-0.1, -0.05) is 19.4 Å². The number of benzene rings is 1. The molecule has 1 atom stereocenters. The minimum atomic E-state index is -0.0268. The van der Waals surface area contributed by atoms with Crippen LogP contribution in [-0.2, 0) is 0 Å². The fourth-order valence-electron chi connectivity index (χ4n) is 1.70. The molecule has 0 aliphatic heterocycles. The molecule has 0 amide bonds. The van der Waals surface area contributed by atoms with E-state index in [4.69, 9.17) is 15.2 Å². The SMILES string of the molecule is CCCC(N)c1c(OC)cccc1OC. The minimum absolute atomic E-state index is 0.0268. The van der Waals surface area contributed by atoms with E-state index >= 15 is 0 Å². The highest BCUT2D eigenvalue weighted by Crippen LogP contribution is 2.34. The van der Waals surface area contributed by atoms with E-state index in [0.717, 1.165) is 29.9 Å². The molecule has 0 aliphatic rings. The summed E-state index contributed by atoms with van der Waals surface area (Å²) in [5, 5.41) is 0. The maximum absolute atomic E-state index is 6.10. The van der Waals surface area contributed by atoms with Crippen molar-refractivity contribution in [2.75, 3.05) is 14.2 Å². The Morgan fingerprint density at radius 3 is 2.13 bits per heavy atom. The van der Waals surface area contributed by atoms with Crippen molar-refractivity contribution in [1.82, 2.24) is 0 Å². The van der Waals surface area contributed by atoms with Crippen LogP contribution in [0.4, 0.5) is 0 Å². The summed E-state index contributed by atoms with van der Waals surface area (Å²) in [5.74, 6) is 1.60. The van der Waals surface area contributed by atoms with Gasteiger partial charge in [-0.3, -0.25) is 0 Å². The van der Waals surface area contributed by atoms with Crippen LogP contribution >= 0.6 is 0 Å².